The van der Waals surface area contributed by atoms with Crippen LogP contribution in [0.5, 0.6) is 0 Å². The summed E-state index contributed by atoms with van der Waals surface area (Å²) in [6, 6.07) is 12.3. The predicted octanol–water partition coefficient (Wildman–Crippen LogP) is 4.54. The minimum absolute atomic E-state index is 0.00385. The number of benzene rings is 2. The molecule has 0 aliphatic rings. The van der Waals surface area contributed by atoms with E-state index in [1.54, 1.807) is 11.6 Å². The van der Waals surface area contributed by atoms with E-state index in [1.807, 2.05) is 31.2 Å². The van der Waals surface area contributed by atoms with Crippen molar-refractivity contribution in [1.82, 2.24) is 14.8 Å². The number of aryl methyl sites for hydroxylation is 1. The predicted molar refractivity (Wildman–Crippen MR) is 102 cm³/mol. The first-order valence-electron chi connectivity index (χ1n) is 8.30. The Balaban J connectivity index is 1.63. The zero-order valence-electron chi connectivity index (χ0n) is 15.1. The van der Waals surface area contributed by atoms with E-state index < -0.39 is 17.6 Å². The zero-order chi connectivity index (χ0) is 20.3. The van der Waals surface area contributed by atoms with Gasteiger partial charge >= 0.3 is 6.18 Å². The summed E-state index contributed by atoms with van der Waals surface area (Å²) in [4.78, 5) is 12.1. The van der Waals surface area contributed by atoms with E-state index in [2.05, 4.69) is 15.5 Å². The van der Waals surface area contributed by atoms with Crippen LogP contribution in [-0.2, 0) is 18.0 Å². The molecule has 0 unspecified atom stereocenters. The highest BCUT2D eigenvalue weighted by atomic mass is 32.2. The van der Waals surface area contributed by atoms with Crippen molar-refractivity contribution in [3.8, 4) is 11.4 Å². The van der Waals surface area contributed by atoms with Gasteiger partial charge in [-0.15, -0.1) is 10.2 Å². The van der Waals surface area contributed by atoms with Crippen LogP contribution in [0, 0.1) is 6.92 Å². The normalized spacial score (nSPS) is 11.5. The van der Waals surface area contributed by atoms with Crippen molar-refractivity contribution < 1.29 is 18.0 Å². The molecule has 146 valence electrons. The van der Waals surface area contributed by atoms with E-state index in [0.29, 0.717) is 11.0 Å². The van der Waals surface area contributed by atoms with Crippen LogP contribution < -0.4 is 5.32 Å². The Morgan fingerprint density at radius 2 is 1.86 bits per heavy atom. The van der Waals surface area contributed by atoms with Gasteiger partial charge < -0.3 is 9.88 Å². The van der Waals surface area contributed by atoms with E-state index in [9.17, 15) is 18.0 Å². The summed E-state index contributed by atoms with van der Waals surface area (Å²) in [5.41, 5.74) is 1.32. The average molecular weight is 406 g/mol. The van der Waals surface area contributed by atoms with E-state index in [1.165, 1.54) is 12.1 Å². The molecule has 3 rings (SSSR count). The number of carbonyl (C=O) groups is 1. The van der Waals surface area contributed by atoms with Crippen molar-refractivity contribution in [2.75, 3.05) is 11.1 Å². The number of nitrogens with zero attached hydrogens (tertiary/aromatic N) is 3. The monoisotopic (exact) mass is 406 g/mol. The highest BCUT2D eigenvalue weighted by molar-refractivity contribution is 7.99. The average Bonchev–Trinajstić information content (AvgIpc) is 3.01. The molecule has 3 aromatic rings. The van der Waals surface area contributed by atoms with Crippen molar-refractivity contribution in [3.05, 3.63) is 59.7 Å². The molecule has 0 saturated heterocycles. The first-order valence-corrected chi connectivity index (χ1v) is 9.29. The number of anilines is 1. The Hall–Kier alpha value is -2.81. The fourth-order valence-electron chi connectivity index (χ4n) is 2.50. The molecule has 1 N–H and O–H groups in total. The van der Waals surface area contributed by atoms with Gasteiger partial charge in [-0.05, 0) is 25.1 Å². The summed E-state index contributed by atoms with van der Waals surface area (Å²) < 4.78 is 40.0. The van der Waals surface area contributed by atoms with Gasteiger partial charge in [0.2, 0.25) is 5.91 Å². The smallest absolute Gasteiger partial charge is 0.325 e. The van der Waals surface area contributed by atoms with Crippen LogP contribution in [0.1, 0.15) is 11.1 Å². The SMILES string of the molecule is Cc1ccc(-c2nnc(SCC(=O)Nc3cccc(C(F)(F)F)c3)n2C)cc1. The van der Waals surface area contributed by atoms with Gasteiger partial charge in [0.15, 0.2) is 11.0 Å². The van der Waals surface area contributed by atoms with E-state index >= 15 is 0 Å². The summed E-state index contributed by atoms with van der Waals surface area (Å²) in [5, 5.41) is 11.2. The molecular weight excluding hydrogens is 389 g/mol. The highest BCUT2D eigenvalue weighted by Crippen LogP contribution is 2.30. The van der Waals surface area contributed by atoms with Crippen LogP contribution >= 0.6 is 11.8 Å². The lowest BCUT2D eigenvalue weighted by atomic mass is 10.1. The fraction of sp³-hybridized carbons (Fsp3) is 0.211. The van der Waals surface area contributed by atoms with Gasteiger partial charge in [-0.1, -0.05) is 47.7 Å². The van der Waals surface area contributed by atoms with Gasteiger partial charge in [0, 0.05) is 18.3 Å². The molecular formula is C19H17F3N4OS. The molecule has 9 heteroatoms. The maximum Gasteiger partial charge on any atom is 0.416 e. The molecule has 0 bridgehead atoms. The summed E-state index contributed by atoms with van der Waals surface area (Å²) in [6.45, 7) is 1.99. The van der Waals surface area contributed by atoms with E-state index in [-0.39, 0.29) is 11.4 Å². The molecule has 1 amide bonds. The van der Waals surface area contributed by atoms with Gasteiger partial charge in [-0.25, -0.2) is 0 Å². The summed E-state index contributed by atoms with van der Waals surface area (Å²) in [5.74, 6) is 0.237. The number of nitrogens with one attached hydrogen (secondary N) is 1. The summed E-state index contributed by atoms with van der Waals surface area (Å²) in [6.07, 6.45) is -4.46. The summed E-state index contributed by atoms with van der Waals surface area (Å²) >= 11 is 1.16. The quantitative estimate of drug-likeness (QED) is 0.632. The van der Waals surface area contributed by atoms with Crippen LogP contribution in [0.2, 0.25) is 0 Å². The lowest BCUT2D eigenvalue weighted by Crippen LogP contribution is -2.15. The second-order valence-electron chi connectivity index (χ2n) is 6.15. The fourth-order valence-corrected chi connectivity index (χ4v) is 3.21. The molecule has 0 fully saturated rings. The minimum atomic E-state index is -4.46. The summed E-state index contributed by atoms with van der Waals surface area (Å²) in [7, 11) is 1.79. The second kappa shape index (κ2) is 8.05. The van der Waals surface area contributed by atoms with Gasteiger partial charge in [-0.2, -0.15) is 13.2 Å². The molecule has 1 aromatic heterocycles. The molecule has 0 aliphatic carbocycles. The van der Waals surface area contributed by atoms with Gasteiger partial charge in [0.05, 0.1) is 11.3 Å². The topological polar surface area (TPSA) is 59.8 Å². The van der Waals surface area contributed by atoms with Crippen molar-refractivity contribution in [2.45, 2.75) is 18.3 Å². The van der Waals surface area contributed by atoms with E-state index in [0.717, 1.165) is 35.0 Å². The molecule has 0 spiro atoms. The number of carbonyl (C=O) groups excluding carboxylic acids is 1. The Morgan fingerprint density at radius 1 is 1.14 bits per heavy atom. The minimum Gasteiger partial charge on any atom is -0.325 e. The highest BCUT2D eigenvalue weighted by Gasteiger charge is 2.30. The zero-order valence-corrected chi connectivity index (χ0v) is 15.9. The number of hydrogen-bond donors (Lipinski definition) is 1. The lowest BCUT2D eigenvalue weighted by molar-refractivity contribution is -0.137. The maximum absolute atomic E-state index is 12.7. The van der Waals surface area contributed by atoms with Crippen molar-refractivity contribution in [2.24, 2.45) is 7.05 Å². The molecule has 0 radical (unpaired) electrons. The first kappa shape index (κ1) is 19.9. The number of amides is 1. The number of alkyl halides is 3. The molecule has 1 heterocycles. The largest absolute Gasteiger partial charge is 0.416 e. The third kappa shape index (κ3) is 4.72. The van der Waals surface area contributed by atoms with Crippen LogP contribution in [0.4, 0.5) is 18.9 Å². The number of halogens is 3. The Morgan fingerprint density at radius 3 is 2.54 bits per heavy atom. The Labute approximate surface area is 164 Å². The Bertz CT molecular complexity index is 984. The third-order valence-corrected chi connectivity index (χ3v) is 4.97. The molecule has 5 nitrogen and oxygen atoms in total. The second-order valence-corrected chi connectivity index (χ2v) is 7.09. The van der Waals surface area contributed by atoms with Gasteiger partial charge in [0.25, 0.3) is 0 Å². The maximum atomic E-state index is 12.7. The standard InChI is InChI=1S/C19H17F3N4OS/c1-12-6-8-13(9-7-12)17-24-25-18(26(17)2)28-11-16(27)23-15-5-3-4-14(10-15)19(20,21)22/h3-10H,11H2,1-2H3,(H,23,27). The van der Waals surface area contributed by atoms with Crippen molar-refractivity contribution in [3.63, 3.8) is 0 Å². The van der Waals surface area contributed by atoms with Crippen LogP contribution in [-0.4, -0.2) is 26.4 Å². The van der Waals surface area contributed by atoms with E-state index in [4.69, 9.17) is 0 Å². The first-order chi connectivity index (χ1) is 13.2. The Kier molecular flexibility index (Phi) is 5.73. The van der Waals surface area contributed by atoms with Crippen LogP contribution in [0.15, 0.2) is 53.7 Å². The molecule has 2 aromatic carbocycles. The van der Waals surface area contributed by atoms with Crippen molar-refractivity contribution >= 4 is 23.4 Å². The van der Waals surface area contributed by atoms with Crippen LogP contribution in [0.3, 0.4) is 0 Å². The number of hydrogen-bond acceptors (Lipinski definition) is 4. The molecule has 0 aliphatic heterocycles. The van der Waals surface area contributed by atoms with Crippen molar-refractivity contribution in [1.29, 1.82) is 0 Å². The third-order valence-electron chi connectivity index (χ3n) is 3.95. The number of thioether (sulfide) groups is 1. The number of aromatic nitrogens is 3. The van der Waals surface area contributed by atoms with Crippen LogP contribution in [0.25, 0.3) is 11.4 Å². The molecule has 0 atom stereocenters. The molecule has 0 saturated carbocycles. The number of rotatable bonds is 5. The molecule has 28 heavy (non-hydrogen) atoms. The van der Waals surface area contributed by atoms with Gasteiger partial charge in [0.1, 0.15) is 0 Å². The van der Waals surface area contributed by atoms with Gasteiger partial charge in [-0.3, -0.25) is 4.79 Å². The lowest BCUT2D eigenvalue weighted by Gasteiger charge is -2.09.